The molecule has 7 nitrogen and oxygen atoms in total. The van der Waals surface area contributed by atoms with E-state index < -0.39 is 5.97 Å². The molecule has 2 aromatic rings. The van der Waals surface area contributed by atoms with Gasteiger partial charge < -0.3 is 14.6 Å². The number of phenolic OH excluding ortho intramolecular Hbond substituents is 1. The van der Waals surface area contributed by atoms with Crippen molar-refractivity contribution in [3.8, 4) is 22.8 Å². The second-order valence-electron chi connectivity index (χ2n) is 4.06. The van der Waals surface area contributed by atoms with Crippen LogP contribution in [0.4, 0.5) is 0 Å². The molecule has 1 aromatic carbocycles. The third-order valence-electron chi connectivity index (χ3n) is 2.81. The summed E-state index contributed by atoms with van der Waals surface area (Å²) in [5.41, 5.74) is 1.36. The second-order valence-corrected chi connectivity index (χ2v) is 4.33. The number of carbonyl (C=O) groups excluding carboxylic acids is 1. The number of halogens is 1. The van der Waals surface area contributed by atoms with Gasteiger partial charge in [-0.3, -0.25) is 0 Å². The van der Waals surface area contributed by atoms with E-state index >= 15 is 0 Å². The largest absolute Gasteiger partial charge is 0.504 e. The van der Waals surface area contributed by atoms with E-state index in [-0.39, 0.29) is 29.7 Å². The zero-order chi connectivity index (χ0) is 15.4. The Morgan fingerprint density at radius 3 is 2.81 bits per heavy atom. The monoisotopic (exact) mass is 311 g/mol. The van der Waals surface area contributed by atoms with Gasteiger partial charge in [-0.25, -0.2) is 4.79 Å². The Hall–Kier alpha value is -2.28. The Morgan fingerprint density at radius 1 is 1.43 bits per heavy atom. The minimum absolute atomic E-state index is 0.0440. The van der Waals surface area contributed by atoms with Gasteiger partial charge in [0.2, 0.25) is 0 Å². The highest BCUT2D eigenvalue weighted by atomic mass is 35.5. The fraction of sp³-hybridized carbons (Fsp3) is 0.308. The summed E-state index contributed by atoms with van der Waals surface area (Å²) in [5.74, 6) is -0.304. The minimum Gasteiger partial charge on any atom is -0.504 e. The van der Waals surface area contributed by atoms with Crippen LogP contribution < -0.4 is 4.74 Å². The van der Waals surface area contributed by atoms with E-state index in [1.807, 2.05) is 0 Å². The summed E-state index contributed by atoms with van der Waals surface area (Å²) in [6.07, 6.45) is 0. The molecule has 21 heavy (non-hydrogen) atoms. The first-order valence-electron chi connectivity index (χ1n) is 6.16. The molecule has 0 atom stereocenters. The molecule has 0 amide bonds. The first-order chi connectivity index (χ1) is 10.1. The summed E-state index contributed by atoms with van der Waals surface area (Å²) in [5, 5.41) is 20.1. The number of aromatic nitrogens is 3. The van der Waals surface area contributed by atoms with E-state index in [0.29, 0.717) is 16.8 Å². The van der Waals surface area contributed by atoms with Crippen molar-refractivity contribution in [2.75, 3.05) is 13.7 Å². The number of H-pyrrole nitrogens is 1. The molecule has 0 unspecified atom stereocenters. The van der Waals surface area contributed by atoms with Crippen LogP contribution in [0.3, 0.4) is 0 Å². The molecule has 2 rings (SSSR count). The standard InChI is InChI=1S/C13H14ClN3O4/c1-3-21-13(19)11-10(15-17-16-11)7-4-8(6-14)12(18)9(5-7)20-2/h4-5,18H,3,6H2,1-2H3,(H,15,16,17). The number of ether oxygens (including phenoxy) is 2. The number of carbonyl (C=O) groups is 1. The fourth-order valence-corrected chi connectivity index (χ4v) is 2.04. The Bertz CT molecular complexity index is 632. The molecule has 0 aliphatic carbocycles. The van der Waals surface area contributed by atoms with Crippen LogP contribution in [0.2, 0.25) is 0 Å². The third-order valence-corrected chi connectivity index (χ3v) is 3.10. The zero-order valence-electron chi connectivity index (χ0n) is 11.5. The third kappa shape index (κ3) is 2.92. The predicted molar refractivity (Wildman–Crippen MR) is 75.5 cm³/mol. The average Bonchev–Trinajstić information content (AvgIpc) is 2.97. The molecule has 112 valence electrons. The second kappa shape index (κ2) is 6.45. The molecule has 8 heteroatoms. The van der Waals surface area contributed by atoms with Gasteiger partial charge in [-0.2, -0.15) is 10.3 Å². The molecule has 1 heterocycles. The molecule has 0 radical (unpaired) electrons. The maximum absolute atomic E-state index is 11.8. The average molecular weight is 312 g/mol. The predicted octanol–water partition coefficient (Wildman–Crippen LogP) is 2.10. The van der Waals surface area contributed by atoms with Crippen molar-refractivity contribution in [1.82, 2.24) is 15.4 Å². The number of rotatable bonds is 5. The Kier molecular flexibility index (Phi) is 4.64. The molecule has 0 spiro atoms. The smallest absolute Gasteiger partial charge is 0.361 e. The van der Waals surface area contributed by atoms with Crippen molar-refractivity contribution in [2.45, 2.75) is 12.8 Å². The number of methoxy groups -OCH3 is 1. The quantitative estimate of drug-likeness (QED) is 0.648. The normalized spacial score (nSPS) is 10.4. The number of nitrogens with zero attached hydrogens (tertiary/aromatic N) is 2. The van der Waals surface area contributed by atoms with Gasteiger partial charge in [-0.1, -0.05) is 0 Å². The van der Waals surface area contributed by atoms with Crippen LogP contribution in [0.15, 0.2) is 12.1 Å². The molecule has 0 saturated carbocycles. The summed E-state index contributed by atoms with van der Waals surface area (Å²) in [6, 6.07) is 3.16. The lowest BCUT2D eigenvalue weighted by Crippen LogP contribution is -2.07. The van der Waals surface area contributed by atoms with Gasteiger partial charge in [0.25, 0.3) is 0 Å². The first kappa shape index (κ1) is 15.1. The van der Waals surface area contributed by atoms with E-state index in [4.69, 9.17) is 21.1 Å². The van der Waals surface area contributed by atoms with Crippen molar-refractivity contribution < 1.29 is 19.4 Å². The van der Waals surface area contributed by atoms with E-state index in [2.05, 4.69) is 15.4 Å². The summed E-state index contributed by atoms with van der Waals surface area (Å²) in [7, 11) is 1.42. The molecule has 0 bridgehead atoms. The molecule has 0 aliphatic rings. The minimum atomic E-state index is -0.583. The number of nitrogens with one attached hydrogen (secondary N) is 1. The van der Waals surface area contributed by atoms with Crippen LogP contribution in [0.5, 0.6) is 11.5 Å². The first-order valence-corrected chi connectivity index (χ1v) is 6.69. The maximum Gasteiger partial charge on any atom is 0.361 e. The van der Waals surface area contributed by atoms with E-state index in [9.17, 15) is 9.90 Å². The lowest BCUT2D eigenvalue weighted by molar-refractivity contribution is 0.0520. The van der Waals surface area contributed by atoms with Crippen molar-refractivity contribution in [3.05, 3.63) is 23.4 Å². The Morgan fingerprint density at radius 2 is 2.19 bits per heavy atom. The number of aromatic hydroxyl groups is 1. The van der Waals surface area contributed by atoms with Crippen LogP contribution in [-0.4, -0.2) is 40.2 Å². The van der Waals surface area contributed by atoms with Crippen LogP contribution in [-0.2, 0) is 10.6 Å². The summed E-state index contributed by atoms with van der Waals surface area (Å²) >= 11 is 5.80. The molecular weight excluding hydrogens is 298 g/mol. The molecular formula is C13H14ClN3O4. The van der Waals surface area contributed by atoms with Crippen LogP contribution in [0.1, 0.15) is 23.0 Å². The van der Waals surface area contributed by atoms with E-state index in [0.717, 1.165) is 0 Å². The Labute approximate surface area is 125 Å². The number of esters is 1. The lowest BCUT2D eigenvalue weighted by Gasteiger charge is -2.10. The highest BCUT2D eigenvalue weighted by Crippen LogP contribution is 2.36. The SMILES string of the molecule is CCOC(=O)c1n[nH]nc1-c1cc(CCl)c(O)c(OC)c1. The summed E-state index contributed by atoms with van der Waals surface area (Å²) < 4.78 is 10.0. The van der Waals surface area contributed by atoms with Gasteiger partial charge in [0, 0.05) is 11.1 Å². The highest BCUT2D eigenvalue weighted by molar-refractivity contribution is 6.17. The molecule has 1 aromatic heterocycles. The van der Waals surface area contributed by atoms with E-state index in [1.165, 1.54) is 7.11 Å². The van der Waals surface area contributed by atoms with Gasteiger partial charge in [0.15, 0.2) is 17.2 Å². The highest BCUT2D eigenvalue weighted by Gasteiger charge is 2.21. The molecule has 0 aliphatic heterocycles. The van der Waals surface area contributed by atoms with Gasteiger partial charge in [0.1, 0.15) is 5.69 Å². The van der Waals surface area contributed by atoms with Crippen molar-refractivity contribution in [3.63, 3.8) is 0 Å². The van der Waals surface area contributed by atoms with Gasteiger partial charge in [-0.15, -0.1) is 16.7 Å². The van der Waals surface area contributed by atoms with Gasteiger partial charge in [0.05, 0.1) is 19.6 Å². The number of hydrogen-bond acceptors (Lipinski definition) is 6. The van der Waals surface area contributed by atoms with Crippen LogP contribution in [0.25, 0.3) is 11.3 Å². The van der Waals surface area contributed by atoms with Crippen molar-refractivity contribution in [1.29, 1.82) is 0 Å². The summed E-state index contributed by atoms with van der Waals surface area (Å²) in [6.45, 7) is 1.93. The van der Waals surface area contributed by atoms with Crippen LogP contribution >= 0.6 is 11.6 Å². The van der Waals surface area contributed by atoms with E-state index in [1.54, 1.807) is 19.1 Å². The maximum atomic E-state index is 11.8. The number of hydrogen-bond donors (Lipinski definition) is 2. The molecule has 2 N–H and O–H groups in total. The molecule has 0 saturated heterocycles. The van der Waals surface area contributed by atoms with Crippen molar-refractivity contribution >= 4 is 17.6 Å². The fourth-order valence-electron chi connectivity index (χ4n) is 1.83. The van der Waals surface area contributed by atoms with Crippen LogP contribution in [0, 0.1) is 0 Å². The van der Waals surface area contributed by atoms with Crippen molar-refractivity contribution in [2.24, 2.45) is 0 Å². The Balaban J connectivity index is 2.52. The zero-order valence-corrected chi connectivity index (χ0v) is 12.3. The molecule has 0 fully saturated rings. The summed E-state index contributed by atoms with van der Waals surface area (Å²) in [4.78, 5) is 11.8. The van der Waals surface area contributed by atoms with Gasteiger partial charge in [-0.05, 0) is 19.1 Å². The number of alkyl halides is 1. The van der Waals surface area contributed by atoms with Gasteiger partial charge >= 0.3 is 5.97 Å². The number of benzene rings is 1. The lowest BCUT2D eigenvalue weighted by atomic mass is 10.1. The number of phenols is 1. The topological polar surface area (TPSA) is 97.3 Å². The number of aromatic amines is 1.